The maximum Gasteiger partial charge on any atom is 0.257 e. The van der Waals surface area contributed by atoms with Crippen LogP contribution in [0.2, 0.25) is 0 Å². The Morgan fingerprint density at radius 2 is 1.76 bits per heavy atom. The zero-order chi connectivity index (χ0) is 23.5. The van der Waals surface area contributed by atoms with Crippen LogP contribution in [0.1, 0.15) is 35.0 Å². The van der Waals surface area contributed by atoms with E-state index in [1.807, 2.05) is 19.1 Å². The number of furan rings is 1. The van der Waals surface area contributed by atoms with Gasteiger partial charge in [0.25, 0.3) is 11.8 Å². The molecule has 1 aliphatic heterocycles. The van der Waals surface area contributed by atoms with Gasteiger partial charge in [-0.3, -0.25) is 19.2 Å². The van der Waals surface area contributed by atoms with Crippen molar-refractivity contribution in [2.45, 2.75) is 32.9 Å². The molecule has 8 heteroatoms. The summed E-state index contributed by atoms with van der Waals surface area (Å²) in [4.78, 5) is 53.3. The molecule has 1 unspecified atom stereocenters. The molecule has 8 nitrogen and oxygen atoms in total. The van der Waals surface area contributed by atoms with Crippen LogP contribution >= 0.6 is 0 Å². The number of aryl methyl sites for hydroxylation is 1. The van der Waals surface area contributed by atoms with Crippen molar-refractivity contribution in [1.82, 2.24) is 4.90 Å². The molecule has 168 valence electrons. The first-order chi connectivity index (χ1) is 15.8. The van der Waals surface area contributed by atoms with Crippen molar-refractivity contribution in [2.24, 2.45) is 0 Å². The van der Waals surface area contributed by atoms with Gasteiger partial charge < -0.3 is 14.6 Å². The molecule has 1 aliphatic rings. The van der Waals surface area contributed by atoms with Gasteiger partial charge in [-0.25, -0.2) is 4.90 Å². The van der Waals surface area contributed by atoms with Crippen LogP contribution in [0.5, 0.6) is 0 Å². The maximum atomic E-state index is 13.4. The molecule has 1 fully saturated rings. The standard InChI is InChI=1S/C25H23N3O5/c1-16-5-7-18(8-6-16)24(31)27(15-21-4-3-13-33-21)22-14-23(30)28(25(22)32)20-11-9-19(10-12-20)26-17(2)29/h3-13,22H,14-15H2,1-2H3,(H,26,29). The number of imide groups is 1. The number of anilines is 2. The van der Waals surface area contributed by atoms with E-state index in [2.05, 4.69) is 5.32 Å². The van der Waals surface area contributed by atoms with Crippen LogP contribution in [0, 0.1) is 6.92 Å². The summed E-state index contributed by atoms with van der Waals surface area (Å²) in [6, 6.07) is 15.9. The fourth-order valence-electron chi connectivity index (χ4n) is 3.78. The molecule has 1 aromatic heterocycles. The summed E-state index contributed by atoms with van der Waals surface area (Å²) < 4.78 is 5.41. The average molecular weight is 445 g/mol. The van der Waals surface area contributed by atoms with Crippen LogP contribution in [-0.2, 0) is 20.9 Å². The number of carbonyl (C=O) groups is 4. The van der Waals surface area contributed by atoms with Gasteiger partial charge in [0.1, 0.15) is 11.8 Å². The van der Waals surface area contributed by atoms with Crippen LogP contribution in [0.25, 0.3) is 0 Å². The number of nitrogens with one attached hydrogen (secondary N) is 1. The third-order valence-corrected chi connectivity index (χ3v) is 5.41. The lowest BCUT2D eigenvalue weighted by Crippen LogP contribution is -2.45. The van der Waals surface area contributed by atoms with Crippen molar-refractivity contribution in [3.05, 3.63) is 83.8 Å². The summed E-state index contributed by atoms with van der Waals surface area (Å²) in [5.74, 6) is -0.966. The molecule has 0 aliphatic carbocycles. The van der Waals surface area contributed by atoms with E-state index in [0.29, 0.717) is 22.7 Å². The smallest absolute Gasteiger partial charge is 0.257 e. The molecule has 3 aromatic rings. The highest BCUT2D eigenvalue weighted by molar-refractivity contribution is 6.23. The molecule has 33 heavy (non-hydrogen) atoms. The maximum absolute atomic E-state index is 13.4. The zero-order valence-electron chi connectivity index (χ0n) is 18.3. The molecule has 2 heterocycles. The molecule has 4 rings (SSSR count). The highest BCUT2D eigenvalue weighted by Gasteiger charge is 2.44. The first kappa shape index (κ1) is 22.0. The highest BCUT2D eigenvalue weighted by Crippen LogP contribution is 2.29. The first-order valence-corrected chi connectivity index (χ1v) is 10.5. The lowest BCUT2D eigenvalue weighted by Gasteiger charge is -2.27. The average Bonchev–Trinajstić information content (AvgIpc) is 3.40. The summed E-state index contributed by atoms with van der Waals surface area (Å²) in [6.07, 6.45) is 1.36. The first-order valence-electron chi connectivity index (χ1n) is 10.5. The van der Waals surface area contributed by atoms with E-state index in [9.17, 15) is 19.2 Å². The normalized spacial score (nSPS) is 15.6. The molecule has 0 radical (unpaired) electrons. The Kier molecular flexibility index (Phi) is 6.08. The van der Waals surface area contributed by atoms with E-state index in [0.717, 1.165) is 10.5 Å². The second kappa shape index (κ2) is 9.12. The van der Waals surface area contributed by atoms with Gasteiger partial charge in [0.2, 0.25) is 11.8 Å². The largest absolute Gasteiger partial charge is 0.467 e. The van der Waals surface area contributed by atoms with Crippen molar-refractivity contribution < 1.29 is 23.6 Å². The molecular weight excluding hydrogens is 422 g/mol. The Balaban J connectivity index is 1.62. The van der Waals surface area contributed by atoms with Crippen molar-refractivity contribution in [3.8, 4) is 0 Å². The Bertz CT molecular complexity index is 1180. The molecule has 1 saturated heterocycles. The number of rotatable bonds is 6. The molecule has 1 atom stereocenters. The quantitative estimate of drug-likeness (QED) is 0.585. The van der Waals surface area contributed by atoms with Crippen LogP contribution in [0.4, 0.5) is 11.4 Å². The van der Waals surface area contributed by atoms with Gasteiger partial charge in [-0.2, -0.15) is 0 Å². The minimum Gasteiger partial charge on any atom is -0.467 e. The van der Waals surface area contributed by atoms with Gasteiger partial charge in [-0.15, -0.1) is 0 Å². The fourth-order valence-corrected chi connectivity index (χ4v) is 3.78. The van der Waals surface area contributed by atoms with Crippen LogP contribution in [-0.4, -0.2) is 34.6 Å². The van der Waals surface area contributed by atoms with Gasteiger partial charge in [-0.05, 0) is 55.5 Å². The molecule has 4 amide bonds. The predicted octanol–water partition coefficient (Wildman–Crippen LogP) is 3.52. The second-order valence-electron chi connectivity index (χ2n) is 7.89. The van der Waals surface area contributed by atoms with Gasteiger partial charge >= 0.3 is 0 Å². The van der Waals surface area contributed by atoms with E-state index in [-0.39, 0.29) is 24.8 Å². The Labute approximate surface area is 190 Å². The van der Waals surface area contributed by atoms with Gasteiger partial charge in [0.05, 0.1) is 24.9 Å². The highest BCUT2D eigenvalue weighted by atomic mass is 16.3. The number of nitrogens with zero attached hydrogens (tertiary/aromatic N) is 2. The van der Waals surface area contributed by atoms with Crippen molar-refractivity contribution in [1.29, 1.82) is 0 Å². The second-order valence-corrected chi connectivity index (χ2v) is 7.89. The number of hydrogen-bond donors (Lipinski definition) is 1. The Morgan fingerprint density at radius 1 is 1.06 bits per heavy atom. The summed E-state index contributed by atoms with van der Waals surface area (Å²) in [5.41, 5.74) is 2.36. The molecule has 2 aromatic carbocycles. The molecule has 1 N–H and O–H groups in total. The van der Waals surface area contributed by atoms with Crippen LogP contribution in [0.3, 0.4) is 0 Å². The topological polar surface area (TPSA) is 99.9 Å². The number of carbonyl (C=O) groups excluding carboxylic acids is 4. The lowest BCUT2D eigenvalue weighted by atomic mass is 10.1. The Morgan fingerprint density at radius 3 is 2.36 bits per heavy atom. The van der Waals surface area contributed by atoms with Crippen molar-refractivity contribution in [3.63, 3.8) is 0 Å². The molecule has 0 bridgehead atoms. The SMILES string of the molecule is CC(=O)Nc1ccc(N2C(=O)CC(N(Cc3ccco3)C(=O)c3ccc(C)cc3)C2=O)cc1. The van der Waals surface area contributed by atoms with Gasteiger partial charge in [-0.1, -0.05) is 17.7 Å². The Hall–Kier alpha value is -4.20. The monoisotopic (exact) mass is 445 g/mol. The van der Waals surface area contributed by atoms with E-state index in [1.165, 1.54) is 18.1 Å². The molecular formula is C25H23N3O5. The lowest BCUT2D eigenvalue weighted by molar-refractivity contribution is -0.122. The van der Waals surface area contributed by atoms with E-state index < -0.39 is 17.9 Å². The predicted molar refractivity (Wildman–Crippen MR) is 121 cm³/mol. The van der Waals surface area contributed by atoms with E-state index in [4.69, 9.17) is 4.42 Å². The minimum absolute atomic E-state index is 0.0543. The number of amides is 4. The number of hydrogen-bond acceptors (Lipinski definition) is 5. The summed E-state index contributed by atoms with van der Waals surface area (Å²) >= 11 is 0. The minimum atomic E-state index is -0.966. The number of benzene rings is 2. The van der Waals surface area contributed by atoms with Gasteiger partial charge in [0, 0.05) is 18.2 Å². The van der Waals surface area contributed by atoms with E-state index in [1.54, 1.807) is 48.5 Å². The van der Waals surface area contributed by atoms with E-state index >= 15 is 0 Å². The third kappa shape index (κ3) is 4.69. The summed E-state index contributed by atoms with van der Waals surface area (Å²) in [7, 11) is 0. The third-order valence-electron chi connectivity index (χ3n) is 5.41. The molecule has 0 spiro atoms. The summed E-state index contributed by atoms with van der Waals surface area (Å²) in [6.45, 7) is 3.37. The van der Waals surface area contributed by atoms with Crippen LogP contribution in [0.15, 0.2) is 71.3 Å². The zero-order valence-corrected chi connectivity index (χ0v) is 18.3. The van der Waals surface area contributed by atoms with Crippen molar-refractivity contribution in [2.75, 3.05) is 10.2 Å². The van der Waals surface area contributed by atoms with Crippen molar-refractivity contribution >= 4 is 35.0 Å². The molecule has 0 saturated carbocycles. The van der Waals surface area contributed by atoms with Crippen LogP contribution < -0.4 is 10.2 Å². The summed E-state index contributed by atoms with van der Waals surface area (Å²) in [5, 5.41) is 2.64. The fraction of sp³-hybridized carbons (Fsp3) is 0.200. The van der Waals surface area contributed by atoms with Gasteiger partial charge in [0.15, 0.2) is 0 Å².